The molecule has 1 aromatic carbocycles. The lowest BCUT2D eigenvalue weighted by Crippen LogP contribution is -2.52. The van der Waals surface area contributed by atoms with Crippen molar-refractivity contribution >= 4 is 22.0 Å². The predicted molar refractivity (Wildman–Crippen MR) is 108 cm³/mol. The normalized spacial score (nSPS) is 23.0. The number of carbonyl (C=O) groups is 1. The molecule has 0 radical (unpaired) electrons. The Balaban J connectivity index is 1.46. The molecule has 27 heavy (non-hydrogen) atoms. The fraction of sp³-hybridized carbons (Fsp3) is 0.550. The molecule has 2 heterocycles. The van der Waals surface area contributed by atoms with Crippen LogP contribution in [0.2, 0.25) is 0 Å². The molecule has 7 heteroatoms. The number of hydrogen-bond donors (Lipinski definition) is 0. The molecule has 3 rings (SSSR count). The van der Waals surface area contributed by atoms with E-state index >= 15 is 0 Å². The number of nitrogens with zero attached hydrogens (tertiary/aromatic N) is 3. The van der Waals surface area contributed by atoms with E-state index in [1.165, 1.54) is 16.1 Å². The number of hydrogen-bond acceptors (Lipinski definition) is 4. The summed E-state index contributed by atoms with van der Waals surface area (Å²) in [7, 11) is -3.22. The molecule has 6 nitrogen and oxygen atoms in total. The van der Waals surface area contributed by atoms with Gasteiger partial charge in [0.2, 0.25) is 15.9 Å². The fourth-order valence-corrected chi connectivity index (χ4v) is 4.67. The monoisotopic (exact) mass is 391 g/mol. The standard InChI is InChI=1S/C20H29N3O3S/c1-27(25,26)23-12-6-10-19(17-23)20(24)22-15-13-21(14-16-22)11-5-9-18-7-3-2-4-8-18/h2-5,7-9,19H,6,10-17H2,1H3/b9-5+. The second kappa shape index (κ2) is 8.99. The summed E-state index contributed by atoms with van der Waals surface area (Å²) < 4.78 is 25.0. The average Bonchev–Trinajstić information content (AvgIpc) is 2.68. The van der Waals surface area contributed by atoms with E-state index in [1.54, 1.807) is 0 Å². The van der Waals surface area contributed by atoms with Crippen LogP contribution >= 0.6 is 0 Å². The second-order valence-corrected chi connectivity index (χ2v) is 9.38. The van der Waals surface area contributed by atoms with Crippen LogP contribution < -0.4 is 0 Å². The van der Waals surface area contributed by atoms with Gasteiger partial charge in [0.1, 0.15) is 0 Å². The van der Waals surface area contributed by atoms with Gasteiger partial charge in [0.15, 0.2) is 0 Å². The molecular formula is C20H29N3O3S. The van der Waals surface area contributed by atoms with Crippen molar-refractivity contribution in [2.45, 2.75) is 12.8 Å². The van der Waals surface area contributed by atoms with Gasteiger partial charge in [0.25, 0.3) is 0 Å². The summed E-state index contributed by atoms with van der Waals surface area (Å²) >= 11 is 0. The van der Waals surface area contributed by atoms with Crippen molar-refractivity contribution in [3.63, 3.8) is 0 Å². The van der Waals surface area contributed by atoms with Crippen molar-refractivity contribution < 1.29 is 13.2 Å². The first kappa shape index (κ1) is 20.0. The highest BCUT2D eigenvalue weighted by atomic mass is 32.2. The van der Waals surface area contributed by atoms with Gasteiger partial charge in [0.05, 0.1) is 12.2 Å². The van der Waals surface area contributed by atoms with E-state index in [-0.39, 0.29) is 11.8 Å². The highest BCUT2D eigenvalue weighted by molar-refractivity contribution is 7.88. The zero-order valence-electron chi connectivity index (χ0n) is 16.0. The summed E-state index contributed by atoms with van der Waals surface area (Å²) in [5.74, 6) is -0.0826. The molecule has 0 bridgehead atoms. The Morgan fingerprint density at radius 3 is 2.48 bits per heavy atom. The third kappa shape index (κ3) is 5.64. The largest absolute Gasteiger partial charge is 0.340 e. The molecule has 1 unspecified atom stereocenters. The Hall–Kier alpha value is -1.70. The molecule has 1 atom stereocenters. The van der Waals surface area contributed by atoms with Gasteiger partial charge in [-0.25, -0.2) is 12.7 Å². The molecule has 2 aliphatic heterocycles. The van der Waals surface area contributed by atoms with Crippen LogP contribution in [0.15, 0.2) is 36.4 Å². The van der Waals surface area contributed by atoms with Crippen LogP contribution in [0.1, 0.15) is 18.4 Å². The summed E-state index contributed by atoms with van der Waals surface area (Å²) in [6, 6.07) is 10.2. The lowest BCUT2D eigenvalue weighted by atomic mass is 9.98. The Morgan fingerprint density at radius 1 is 1.11 bits per heavy atom. The molecule has 2 fully saturated rings. The van der Waals surface area contributed by atoms with Crippen molar-refractivity contribution in [1.82, 2.24) is 14.1 Å². The first-order chi connectivity index (χ1) is 12.9. The fourth-order valence-electron chi connectivity index (χ4n) is 3.76. The molecule has 2 aliphatic rings. The quantitative estimate of drug-likeness (QED) is 0.764. The van der Waals surface area contributed by atoms with E-state index in [0.717, 1.165) is 32.5 Å². The third-order valence-electron chi connectivity index (χ3n) is 5.36. The molecule has 0 N–H and O–H groups in total. The predicted octanol–water partition coefficient (Wildman–Crippen LogP) is 1.52. The number of sulfonamides is 1. The number of piperazine rings is 1. The summed E-state index contributed by atoms with van der Waals surface area (Å²) in [5.41, 5.74) is 1.19. The lowest BCUT2D eigenvalue weighted by Gasteiger charge is -2.38. The first-order valence-electron chi connectivity index (χ1n) is 9.61. The smallest absolute Gasteiger partial charge is 0.227 e. The zero-order chi connectivity index (χ0) is 19.3. The average molecular weight is 392 g/mol. The van der Waals surface area contributed by atoms with Gasteiger partial charge >= 0.3 is 0 Å². The van der Waals surface area contributed by atoms with Crippen LogP contribution in [0.4, 0.5) is 0 Å². The molecule has 2 saturated heterocycles. The van der Waals surface area contributed by atoms with Gasteiger partial charge < -0.3 is 4.90 Å². The maximum absolute atomic E-state index is 12.8. The molecule has 0 aliphatic carbocycles. The van der Waals surface area contributed by atoms with Crippen LogP contribution in [0.3, 0.4) is 0 Å². The van der Waals surface area contributed by atoms with Crippen LogP contribution in [0, 0.1) is 5.92 Å². The summed E-state index contributed by atoms with van der Waals surface area (Å²) in [6.07, 6.45) is 7.05. The zero-order valence-corrected chi connectivity index (χ0v) is 16.8. The van der Waals surface area contributed by atoms with Gasteiger partial charge in [-0.05, 0) is 18.4 Å². The Labute approximate surface area is 162 Å². The first-order valence-corrected chi connectivity index (χ1v) is 11.5. The Morgan fingerprint density at radius 2 is 1.81 bits per heavy atom. The van der Waals surface area contributed by atoms with Crippen LogP contribution in [-0.4, -0.2) is 80.5 Å². The van der Waals surface area contributed by atoms with Gasteiger partial charge in [-0.2, -0.15) is 0 Å². The summed E-state index contributed by atoms with van der Waals surface area (Å²) in [4.78, 5) is 17.1. The van der Waals surface area contributed by atoms with E-state index < -0.39 is 10.0 Å². The Kier molecular flexibility index (Phi) is 6.68. The van der Waals surface area contributed by atoms with E-state index in [1.807, 2.05) is 23.1 Å². The van der Waals surface area contributed by atoms with Crippen molar-refractivity contribution in [3.05, 3.63) is 42.0 Å². The van der Waals surface area contributed by atoms with E-state index in [9.17, 15) is 13.2 Å². The minimum Gasteiger partial charge on any atom is -0.340 e. The highest BCUT2D eigenvalue weighted by Gasteiger charge is 2.33. The minimum atomic E-state index is -3.22. The molecule has 148 valence electrons. The third-order valence-corrected chi connectivity index (χ3v) is 6.63. The van der Waals surface area contributed by atoms with E-state index in [4.69, 9.17) is 0 Å². The van der Waals surface area contributed by atoms with Gasteiger partial charge in [-0.1, -0.05) is 42.5 Å². The lowest BCUT2D eigenvalue weighted by molar-refractivity contribution is -0.138. The van der Waals surface area contributed by atoms with Crippen LogP contribution in [-0.2, 0) is 14.8 Å². The van der Waals surface area contributed by atoms with Gasteiger partial charge in [0, 0.05) is 45.8 Å². The number of rotatable bonds is 5. The van der Waals surface area contributed by atoms with Crippen LogP contribution in [0.5, 0.6) is 0 Å². The summed E-state index contributed by atoms with van der Waals surface area (Å²) in [6.45, 7) is 4.88. The number of benzene rings is 1. The maximum Gasteiger partial charge on any atom is 0.227 e. The van der Waals surface area contributed by atoms with Gasteiger partial charge in [-0.3, -0.25) is 9.69 Å². The van der Waals surface area contributed by atoms with E-state index in [2.05, 4.69) is 29.2 Å². The molecule has 0 saturated carbocycles. The molecule has 1 amide bonds. The number of carbonyl (C=O) groups excluding carboxylic acids is 1. The molecule has 1 aromatic rings. The molecular weight excluding hydrogens is 362 g/mol. The number of amides is 1. The van der Waals surface area contributed by atoms with Crippen LogP contribution in [0.25, 0.3) is 6.08 Å². The molecule has 0 spiro atoms. The molecule has 0 aromatic heterocycles. The van der Waals surface area contributed by atoms with Crippen molar-refractivity contribution in [2.24, 2.45) is 5.92 Å². The highest BCUT2D eigenvalue weighted by Crippen LogP contribution is 2.21. The number of piperidine rings is 1. The van der Waals surface area contributed by atoms with Crippen molar-refractivity contribution in [3.8, 4) is 0 Å². The van der Waals surface area contributed by atoms with Gasteiger partial charge in [-0.15, -0.1) is 0 Å². The van der Waals surface area contributed by atoms with Crippen molar-refractivity contribution in [2.75, 3.05) is 52.1 Å². The topological polar surface area (TPSA) is 60.9 Å². The SMILES string of the molecule is CS(=O)(=O)N1CCCC(C(=O)N2CCN(C/C=C/c3ccccc3)CC2)C1. The van der Waals surface area contributed by atoms with E-state index in [0.29, 0.717) is 26.2 Å². The second-order valence-electron chi connectivity index (χ2n) is 7.40. The summed E-state index contributed by atoms with van der Waals surface area (Å²) in [5, 5.41) is 0. The maximum atomic E-state index is 12.8. The minimum absolute atomic E-state index is 0.114. The Bertz CT molecular complexity index is 756. The van der Waals surface area contributed by atoms with Crippen molar-refractivity contribution in [1.29, 1.82) is 0 Å².